The van der Waals surface area contributed by atoms with Gasteiger partial charge in [0.05, 0.1) is 6.42 Å². The van der Waals surface area contributed by atoms with Crippen molar-refractivity contribution in [3.05, 3.63) is 11.6 Å². The molecule has 0 amide bonds. The van der Waals surface area contributed by atoms with Crippen molar-refractivity contribution in [1.29, 1.82) is 0 Å². The van der Waals surface area contributed by atoms with Crippen molar-refractivity contribution in [2.75, 3.05) is 0 Å². The van der Waals surface area contributed by atoms with E-state index in [1.54, 1.807) is 6.08 Å². The number of hydrogen-bond donors (Lipinski definition) is 1. The fraction of sp³-hybridized carbons (Fsp3) is 0.636. The lowest BCUT2D eigenvalue weighted by atomic mass is 9.79. The van der Waals surface area contributed by atoms with Gasteiger partial charge in [0.1, 0.15) is 0 Å². The number of ketones is 1. The van der Waals surface area contributed by atoms with Crippen molar-refractivity contribution in [2.24, 2.45) is 11.8 Å². The quantitative estimate of drug-likeness (QED) is 0.729. The van der Waals surface area contributed by atoms with Crippen molar-refractivity contribution in [3.8, 4) is 0 Å². The maximum atomic E-state index is 11.5. The summed E-state index contributed by atoms with van der Waals surface area (Å²) in [6, 6.07) is 0. The maximum absolute atomic E-state index is 11.5. The molecule has 1 N–H and O–H groups in total. The Morgan fingerprint density at radius 2 is 2.29 bits per heavy atom. The summed E-state index contributed by atoms with van der Waals surface area (Å²) in [5.41, 5.74) is 1.20. The van der Waals surface area contributed by atoms with Gasteiger partial charge in [0, 0.05) is 5.92 Å². The van der Waals surface area contributed by atoms with Gasteiger partial charge >= 0.3 is 5.97 Å². The summed E-state index contributed by atoms with van der Waals surface area (Å²) in [5.74, 6) is -0.840. The van der Waals surface area contributed by atoms with E-state index in [1.165, 1.54) is 5.57 Å². The molecule has 0 aromatic rings. The lowest BCUT2D eigenvalue weighted by molar-refractivity contribution is -0.140. The van der Waals surface area contributed by atoms with E-state index in [-0.39, 0.29) is 24.0 Å². The molecule has 1 fully saturated rings. The molecule has 76 valence electrons. The molecule has 0 aromatic carbocycles. The van der Waals surface area contributed by atoms with Crippen LogP contribution in [-0.4, -0.2) is 16.9 Å². The molecule has 2 aliphatic rings. The molecule has 2 unspecified atom stereocenters. The van der Waals surface area contributed by atoms with Crippen LogP contribution < -0.4 is 0 Å². The van der Waals surface area contributed by atoms with Crippen LogP contribution in [-0.2, 0) is 9.59 Å². The van der Waals surface area contributed by atoms with Crippen LogP contribution in [0.1, 0.15) is 32.1 Å². The van der Waals surface area contributed by atoms with Crippen LogP contribution in [0.25, 0.3) is 0 Å². The van der Waals surface area contributed by atoms with Gasteiger partial charge in [0.15, 0.2) is 5.78 Å². The Kier molecular flexibility index (Phi) is 2.40. The highest BCUT2D eigenvalue weighted by molar-refractivity contribution is 5.97. The van der Waals surface area contributed by atoms with E-state index in [0.717, 1.165) is 25.7 Å². The molecule has 0 saturated heterocycles. The van der Waals surface area contributed by atoms with Gasteiger partial charge in [-0.05, 0) is 31.3 Å². The SMILES string of the molecule is O=C(O)CC1C(=O)C=C2CCCCC21. The normalized spacial score (nSPS) is 31.1. The minimum atomic E-state index is -0.858. The van der Waals surface area contributed by atoms with Gasteiger partial charge in [-0.3, -0.25) is 9.59 Å². The van der Waals surface area contributed by atoms with Gasteiger partial charge in [-0.1, -0.05) is 12.0 Å². The topological polar surface area (TPSA) is 54.4 Å². The molecular formula is C11H14O3. The Labute approximate surface area is 82.8 Å². The first kappa shape index (κ1) is 9.44. The fourth-order valence-electron chi connectivity index (χ4n) is 2.62. The van der Waals surface area contributed by atoms with Gasteiger partial charge in [-0.15, -0.1) is 0 Å². The Morgan fingerprint density at radius 3 is 3.00 bits per heavy atom. The zero-order valence-electron chi connectivity index (χ0n) is 8.03. The second kappa shape index (κ2) is 3.56. The molecule has 2 rings (SSSR count). The van der Waals surface area contributed by atoms with E-state index in [9.17, 15) is 9.59 Å². The minimum absolute atomic E-state index is 0.00347. The number of carbonyl (C=O) groups is 2. The van der Waals surface area contributed by atoms with Crippen LogP contribution in [0.5, 0.6) is 0 Å². The number of carbonyl (C=O) groups excluding carboxylic acids is 1. The summed E-state index contributed by atoms with van der Waals surface area (Å²) < 4.78 is 0. The molecular weight excluding hydrogens is 180 g/mol. The van der Waals surface area contributed by atoms with Crippen molar-refractivity contribution in [1.82, 2.24) is 0 Å². The van der Waals surface area contributed by atoms with Crippen LogP contribution in [0.2, 0.25) is 0 Å². The zero-order chi connectivity index (χ0) is 10.1. The second-order valence-electron chi connectivity index (χ2n) is 4.18. The third-order valence-electron chi connectivity index (χ3n) is 3.28. The lowest BCUT2D eigenvalue weighted by Crippen LogP contribution is -2.22. The molecule has 0 bridgehead atoms. The molecule has 3 heteroatoms. The Balaban J connectivity index is 2.12. The molecule has 2 atom stereocenters. The zero-order valence-corrected chi connectivity index (χ0v) is 8.03. The molecule has 14 heavy (non-hydrogen) atoms. The van der Waals surface area contributed by atoms with E-state index in [2.05, 4.69) is 0 Å². The van der Waals surface area contributed by atoms with Crippen LogP contribution >= 0.6 is 0 Å². The molecule has 0 radical (unpaired) electrons. The van der Waals surface area contributed by atoms with Gasteiger partial charge in [0.2, 0.25) is 0 Å². The molecule has 0 aromatic heterocycles. The Morgan fingerprint density at radius 1 is 1.50 bits per heavy atom. The van der Waals surface area contributed by atoms with Crippen LogP contribution in [0.15, 0.2) is 11.6 Å². The number of fused-ring (bicyclic) bond motifs is 1. The predicted molar refractivity (Wildman–Crippen MR) is 50.8 cm³/mol. The highest BCUT2D eigenvalue weighted by atomic mass is 16.4. The van der Waals surface area contributed by atoms with E-state index >= 15 is 0 Å². The van der Waals surface area contributed by atoms with Gasteiger partial charge in [0.25, 0.3) is 0 Å². The summed E-state index contributed by atoms with van der Waals surface area (Å²) in [6.07, 6.45) is 5.96. The number of allylic oxidation sites excluding steroid dienone is 2. The number of aliphatic carboxylic acids is 1. The number of hydrogen-bond acceptors (Lipinski definition) is 2. The third-order valence-corrected chi connectivity index (χ3v) is 3.28. The van der Waals surface area contributed by atoms with Crippen molar-refractivity contribution in [3.63, 3.8) is 0 Å². The molecule has 2 aliphatic carbocycles. The third kappa shape index (κ3) is 1.59. The van der Waals surface area contributed by atoms with Crippen LogP contribution in [0.4, 0.5) is 0 Å². The fourth-order valence-corrected chi connectivity index (χ4v) is 2.62. The van der Waals surface area contributed by atoms with E-state index in [4.69, 9.17) is 5.11 Å². The highest BCUT2D eigenvalue weighted by Crippen LogP contribution is 2.41. The van der Waals surface area contributed by atoms with Crippen molar-refractivity contribution in [2.45, 2.75) is 32.1 Å². The van der Waals surface area contributed by atoms with Crippen molar-refractivity contribution >= 4 is 11.8 Å². The lowest BCUT2D eigenvalue weighted by Gasteiger charge is -2.24. The first-order valence-electron chi connectivity index (χ1n) is 5.14. The molecule has 0 spiro atoms. The second-order valence-corrected chi connectivity index (χ2v) is 4.18. The summed E-state index contributed by atoms with van der Waals surface area (Å²) in [6.45, 7) is 0. The largest absolute Gasteiger partial charge is 0.481 e. The van der Waals surface area contributed by atoms with E-state index < -0.39 is 5.97 Å². The number of carboxylic acid groups (broad SMARTS) is 1. The van der Waals surface area contributed by atoms with Gasteiger partial charge < -0.3 is 5.11 Å². The Hall–Kier alpha value is -1.12. The van der Waals surface area contributed by atoms with Gasteiger partial charge in [-0.25, -0.2) is 0 Å². The summed E-state index contributed by atoms with van der Waals surface area (Å²) in [5, 5.41) is 8.71. The van der Waals surface area contributed by atoms with Crippen LogP contribution in [0.3, 0.4) is 0 Å². The average Bonchev–Trinajstić information content (AvgIpc) is 2.43. The summed E-state index contributed by atoms with van der Waals surface area (Å²) in [7, 11) is 0. The smallest absolute Gasteiger partial charge is 0.304 e. The number of rotatable bonds is 2. The standard InChI is InChI=1S/C11H14O3/c12-10-5-7-3-1-2-4-8(7)9(10)6-11(13)14/h5,8-9H,1-4,6H2,(H,13,14). The molecule has 0 aliphatic heterocycles. The minimum Gasteiger partial charge on any atom is -0.481 e. The number of carboxylic acids is 1. The maximum Gasteiger partial charge on any atom is 0.304 e. The summed E-state index contributed by atoms with van der Waals surface area (Å²) in [4.78, 5) is 22.1. The molecule has 0 heterocycles. The van der Waals surface area contributed by atoms with Crippen molar-refractivity contribution < 1.29 is 14.7 Å². The average molecular weight is 194 g/mol. The first-order chi connectivity index (χ1) is 6.68. The van der Waals surface area contributed by atoms with E-state index in [0.29, 0.717) is 0 Å². The van der Waals surface area contributed by atoms with E-state index in [1.807, 2.05) is 0 Å². The van der Waals surface area contributed by atoms with Crippen LogP contribution in [0, 0.1) is 11.8 Å². The first-order valence-corrected chi connectivity index (χ1v) is 5.14. The molecule has 1 saturated carbocycles. The molecule has 3 nitrogen and oxygen atoms in total. The van der Waals surface area contributed by atoms with Gasteiger partial charge in [-0.2, -0.15) is 0 Å². The Bertz CT molecular complexity index is 304. The predicted octanol–water partition coefficient (Wildman–Crippen LogP) is 1.78. The monoisotopic (exact) mass is 194 g/mol. The highest BCUT2D eigenvalue weighted by Gasteiger charge is 2.37. The summed E-state index contributed by atoms with van der Waals surface area (Å²) >= 11 is 0.